The Morgan fingerprint density at radius 3 is 2.56 bits per heavy atom. The van der Waals surface area contributed by atoms with E-state index < -0.39 is 0 Å². The van der Waals surface area contributed by atoms with Crippen molar-refractivity contribution in [2.75, 3.05) is 21.3 Å². The van der Waals surface area contributed by atoms with Gasteiger partial charge in [-0.25, -0.2) is 0 Å². The standard InChI is InChI=1S/C13H20N2O3/c1-9(13(14)16)15(2)8-10-5-6-11(17-3)7-12(10)18-4/h5-7,9H,8H2,1-4H3,(H2,14,16)/p+1/t9-/m0/s1. The quantitative estimate of drug-likeness (QED) is 0.724. The third-order valence-corrected chi connectivity index (χ3v) is 3.13. The molecule has 2 atom stereocenters. The number of rotatable bonds is 6. The number of nitrogens with two attached hydrogens (primary N) is 1. The number of ether oxygens (including phenoxy) is 2. The second-order valence-corrected chi connectivity index (χ2v) is 4.32. The van der Waals surface area contributed by atoms with Gasteiger partial charge in [0.05, 0.1) is 21.3 Å². The molecular formula is C13H21N2O3+. The van der Waals surface area contributed by atoms with E-state index in [1.165, 1.54) is 0 Å². The monoisotopic (exact) mass is 253 g/mol. The Morgan fingerprint density at radius 2 is 2.06 bits per heavy atom. The van der Waals surface area contributed by atoms with Crippen LogP contribution in [0.25, 0.3) is 0 Å². The summed E-state index contributed by atoms with van der Waals surface area (Å²) in [7, 11) is 5.16. The molecule has 0 bridgehead atoms. The van der Waals surface area contributed by atoms with Crippen molar-refractivity contribution in [3.63, 3.8) is 0 Å². The van der Waals surface area contributed by atoms with E-state index in [2.05, 4.69) is 0 Å². The molecule has 1 aromatic carbocycles. The Kier molecular flexibility index (Phi) is 4.97. The lowest BCUT2D eigenvalue weighted by Gasteiger charge is -2.20. The van der Waals surface area contributed by atoms with Crippen LogP contribution in [0.3, 0.4) is 0 Å². The lowest BCUT2D eigenvalue weighted by Crippen LogP contribution is -3.12. The highest BCUT2D eigenvalue weighted by molar-refractivity contribution is 5.77. The lowest BCUT2D eigenvalue weighted by molar-refractivity contribution is -0.908. The van der Waals surface area contributed by atoms with Gasteiger partial charge in [0.25, 0.3) is 5.91 Å². The summed E-state index contributed by atoms with van der Waals surface area (Å²) in [6.45, 7) is 2.48. The van der Waals surface area contributed by atoms with Crippen molar-refractivity contribution < 1.29 is 19.2 Å². The van der Waals surface area contributed by atoms with Crippen LogP contribution in [-0.2, 0) is 11.3 Å². The fraction of sp³-hybridized carbons (Fsp3) is 0.462. The maximum absolute atomic E-state index is 11.1. The summed E-state index contributed by atoms with van der Waals surface area (Å²) in [6, 6.07) is 5.41. The molecule has 0 radical (unpaired) electrons. The van der Waals surface area contributed by atoms with Gasteiger partial charge in [-0.05, 0) is 19.1 Å². The van der Waals surface area contributed by atoms with Crippen LogP contribution >= 0.6 is 0 Å². The molecular weight excluding hydrogens is 232 g/mol. The molecule has 1 aromatic rings. The van der Waals surface area contributed by atoms with Gasteiger partial charge >= 0.3 is 0 Å². The molecule has 1 amide bonds. The van der Waals surface area contributed by atoms with E-state index in [4.69, 9.17) is 15.2 Å². The van der Waals surface area contributed by atoms with Crippen LogP contribution in [0, 0.1) is 0 Å². The Morgan fingerprint density at radius 1 is 1.39 bits per heavy atom. The van der Waals surface area contributed by atoms with Crippen LogP contribution < -0.4 is 20.1 Å². The van der Waals surface area contributed by atoms with Gasteiger partial charge in [-0.3, -0.25) is 4.79 Å². The van der Waals surface area contributed by atoms with Gasteiger partial charge in [-0.15, -0.1) is 0 Å². The van der Waals surface area contributed by atoms with Crippen LogP contribution in [0.2, 0.25) is 0 Å². The summed E-state index contributed by atoms with van der Waals surface area (Å²) in [6.07, 6.45) is 0. The second kappa shape index (κ2) is 6.26. The number of carbonyl (C=O) groups excluding carboxylic acids is 1. The van der Waals surface area contributed by atoms with E-state index in [1.807, 2.05) is 32.2 Å². The minimum absolute atomic E-state index is 0.239. The third kappa shape index (κ3) is 3.37. The van der Waals surface area contributed by atoms with E-state index >= 15 is 0 Å². The number of methoxy groups -OCH3 is 2. The van der Waals surface area contributed by atoms with E-state index in [1.54, 1.807) is 14.2 Å². The Bertz CT molecular complexity index is 421. The number of benzene rings is 1. The summed E-state index contributed by atoms with van der Waals surface area (Å²) < 4.78 is 10.5. The van der Waals surface area contributed by atoms with Crippen LogP contribution in [0.4, 0.5) is 0 Å². The van der Waals surface area contributed by atoms with Crippen LogP contribution in [0.15, 0.2) is 18.2 Å². The van der Waals surface area contributed by atoms with Gasteiger partial charge in [-0.1, -0.05) is 0 Å². The molecule has 5 heteroatoms. The molecule has 0 aromatic heterocycles. The summed E-state index contributed by atoms with van der Waals surface area (Å²) in [5.41, 5.74) is 6.31. The highest BCUT2D eigenvalue weighted by Crippen LogP contribution is 2.23. The van der Waals surface area contributed by atoms with Crippen molar-refractivity contribution in [1.82, 2.24) is 0 Å². The highest BCUT2D eigenvalue weighted by atomic mass is 16.5. The summed E-state index contributed by atoms with van der Waals surface area (Å²) in [4.78, 5) is 12.2. The van der Waals surface area contributed by atoms with Gasteiger partial charge < -0.3 is 20.1 Å². The van der Waals surface area contributed by atoms with E-state index in [0.717, 1.165) is 22.0 Å². The molecule has 18 heavy (non-hydrogen) atoms. The maximum Gasteiger partial charge on any atom is 0.275 e. The lowest BCUT2D eigenvalue weighted by atomic mass is 10.1. The zero-order valence-electron chi connectivity index (χ0n) is 11.3. The molecule has 0 fully saturated rings. The molecule has 1 rings (SSSR count). The molecule has 100 valence electrons. The fourth-order valence-corrected chi connectivity index (χ4v) is 1.69. The first-order valence-corrected chi connectivity index (χ1v) is 5.82. The largest absolute Gasteiger partial charge is 0.497 e. The van der Waals surface area contributed by atoms with Crippen molar-refractivity contribution in [3.05, 3.63) is 23.8 Å². The minimum Gasteiger partial charge on any atom is -0.497 e. The number of amides is 1. The minimum atomic E-state index is -0.306. The van der Waals surface area contributed by atoms with Gasteiger partial charge in [0, 0.05) is 11.6 Å². The van der Waals surface area contributed by atoms with Crippen molar-refractivity contribution in [3.8, 4) is 11.5 Å². The van der Waals surface area contributed by atoms with Crippen molar-refractivity contribution in [2.24, 2.45) is 5.73 Å². The first-order chi connectivity index (χ1) is 8.49. The van der Waals surface area contributed by atoms with Crippen LogP contribution in [0.1, 0.15) is 12.5 Å². The molecule has 5 nitrogen and oxygen atoms in total. The van der Waals surface area contributed by atoms with Crippen molar-refractivity contribution in [2.45, 2.75) is 19.5 Å². The second-order valence-electron chi connectivity index (χ2n) is 4.32. The van der Waals surface area contributed by atoms with Gasteiger partial charge in [0.15, 0.2) is 6.04 Å². The molecule has 0 aliphatic carbocycles. The SMILES string of the molecule is COc1ccc(C[NH+](C)[C@@H](C)C(N)=O)c(OC)c1. The van der Waals surface area contributed by atoms with Crippen LogP contribution in [0.5, 0.6) is 11.5 Å². The number of hydrogen-bond donors (Lipinski definition) is 2. The van der Waals surface area contributed by atoms with Gasteiger partial charge in [-0.2, -0.15) is 0 Å². The Labute approximate surface area is 107 Å². The smallest absolute Gasteiger partial charge is 0.275 e. The van der Waals surface area contributed by atoms with E-state index in [0.29, 0.717) is 6.54 Å². The first kappa shape index (κ1) is 14.3. The molecule has 0 heterocycles. The number of quaternary nitrogens is 1. The predicted molar refractivity (Wildman–Crippen MR) is 68.8 cm³/mol. The average Bonchev–Trinajstić information content (AvgIpc) is 2.37. The van der Waals surface area contributed by atoms with Crippen LogP contribution in [-0.4, -0.2) is 33.2 Å². The Balaban J connectivity index is 2.87. The third-order valence-electron chi connectivity index (χ3n) is 3.13. The number of primary amides is 1. The van der Waals surface area contributed by atoms with E-state index in [9.17, 15) is 4.79 Å². The summed E-state index contributed by atoms with van der Waals surface area (Å²) >= 11 is 0. The van der Waals surface area contributed by atoms with E-state index in [-0.39, 0.29) is 11.9 Å². The normalized spacial score (nSPS) is 13.8. The zero-order chi connectivity index (χ0) is 13.7. The molecule has 0 aliphatic rings. The first-order valence-electron chi connectivity index (χ1n) is 5.82. The predicted octanol–water partition coefficient (Wildman–Crippen LogP) is -0.408. The molecule has 1 unspecified atom stereocenters. The molecule has 0 saturated heterocycles. The number of hydrogen-bond acceptors (Lipinski definition) is 3. The summed E-state index contributed by atoms with van der Waals surface area (Å²) in [5, 5.41) is 0. The number of carbonyl (C=O) groups is 1. The fourth-order valence-electron chi connectivity index (χ4n) is 1.69. The van der Waals surface area contributed by atoms with Gasteiger partial charge in [0.1, 0.15) is 18.0 Å². The van der Waals surface area contributed by atoms with Gasteiger partial charge in [0.2, 0.25) is 0 Å². The maximum atomic E-state index is 11.1. The number of likely N-dealkylation sites (N-methyl/N-ethyl adjacent to an activating group) is 1. The molecule has 3 N–H and O–H groups in total. The van der Waals surface area contributed by atoms with Crippen molar-refractivity contribution in [1.29, 1.82) is 0 Å². The highest BCUT2D eigenvalue weighted by Gasteiger charge is 2.20. The molecule has 0 spiro atoms. The summed E-state index contributed by atoms with van der Waals surface area (Å²) in [5.74, 6) is 1.20. The molecule has 0 saturated carbocycles. The average molecular weight is 253 g/mol. The Hall–Kier alpha value is -1.75. The zero-order valence-corrected chi connectivity index (χ0v) is 11.3. The van der Waals surface area contributed by atoms with Crippen molar-refractivity contribution >= 4 is 5.91 Å². The molecule has 0 aliphatic heterocycles. The number of nitrogens with one attached hydrogen (secondary N) is 1. The topological polar surface area (TPSA) is 66.0 Å².